The van der Waals surface area contributed by atoms with Crippen molar-refractivity contribution in [2.45, 2.75) is 44.6 Å². The van der Waals surface area contributed by atoms with Gasteiger partial charge in [0.25, 0.3) is 0 Å². The molecule has 13 rings (SSSR count). The van der Waals surface area contributed by atoms with Gasteiger partial charge in [-0.05, 0) is 76.9 Å². The van der Waals surface area contributed by atoms with Gasteiger partial charge in [0.2, 0.25) is 17.2 Å². The highest BCUT2D eigenvalue weighted by Gasteiger charge is 2.53. The molecule has 0 atom stereocenters. The molecule has 106 heavy (non-hydrogen) atoms. The van der Waals surface area contributed by atoms with E-state index in [1.807, 2.05) is 210 Å². The molecule has 22 heteroatoms. The van der Waals surface area contributed by atoms with Crippen molar-refractivity contribution in [3.63, 3.8) is 0 Å². The number of nitrogens with zero attached hydrogens (tertiary/aromatic N) is 4. The first-order chi connectivity index (χ1) is 51.7. The largest absolute Gasteiger partial charge is 0.478 e. The molecular weight excluding hydrogens is 1340 g/mol. The highest BCUT2D eigenvalue weighted by atomic mass is 16.6. The lowest BCUT2D eigenvalue weighted by Crippen LogP contribution is -2.42. The molecule has 1 aliphatic carbocycles. The Hall–Kier alpha value is -13.0. The van der Waals surface area contributed by atoms with Gasteiger partial charge >= 0.3 is 24.0 Å². The number of amides is 6. The smallest absolute Gasteiger partial charge is 0.340 e. The highest BCUT2D eigenvalue weighted by molar-refractivity contribution is 6.08. The van der Waals surface area contributed by atoms with Crippen LogP contribution in [0.15, 0.2) is 247 Å². The standard InChI is InChI=1S/2C42H42N6O5/c1-43-40(50)45-21-23-47(27-29-11-5-3-6-12-29)31-17-19-35-37(25-31)52-38-26-32(48(24-22-46-41(51)44-2)28-30-13-7-4-8-14-30)18-20-36(38)42(35)34-16-10-9-15-33(34)39(49)53-42;1-43-39(49)21-23-45-47(27-29-11-5-3-6-12-29)31-17-19-35-37(25-31)53-38-26-32(18-20-36(38)41(35)33-15-9-10-16-34(33)42(51)52)48(46-24-22-40(50)44-2)28-30-13-7-4-8-14-30/h3-20,25-26H,21-24,27-28H2,1-2H3,(H2,43,45,50)(H2,44,46,51);3-20,25-26,45-46H,21-24,27-28H2,1-2H3,(H2-,43,44,49,50,51,52)/p+1. The number of anilines is 3. The number of hydrogen-bond donors (Lipinski definition) is 9. The molecule has 0 unspecified atom stereocenters. The molecule has 0 bridgehead atoms. The summed E-state index contributed by atoms with van der Waals surface area (Å²) in [5.41, 5.74) is 18.0. The minimum Gasteiger partial charge on any atom is -0.478 e. The number of ether oxygens (including phenoxy) is 2. The first kappa shape index (κ1) is 72.8. The van der Waals surface area contributed by atoms with Crippen molar-refractivity contribution in [1.82, 2.24) is 47.4 Å². The molecule has 0 fully saturated rings. The molecule has 3 aliphatic heterocycles. The van der Waals surface area contributed by atoms with Crippen LogP contribution in [-0.4, -0.2) is 108 Å². The van der Waals surface area contributed by atoms with Gasteiger partial charge in [-0.2, -0.15) is 5.43 Å². The summed E-state index contributed by atoms with van der Waals surface area (Å²) in [5, 5.41) is 30.1. The lowest BCUT2D eigenvalue weighted by Gasteiger charge is -2.38. The van der Waals surface area contributed by atoms with E-state index in [1.54, 1.807) is 46.4 Å². The Kier molecular flexibility index (Phi) is 23.6. The fourth-order valence-corrected chi connectivity index (χ4v) is 13.3. The third-order valence-electron chi connectivity index (χ3n) is 18.6. The first-order valence-electron chi connectivity index (χ1n) is 35.2. The third kappa shape index (κ3) is 17.1. The maximum atomic E-state index is 13.6. The Labute approximate surface area is 615 Å². The molecule has 540 valence electrons. The molecule has 0 saturated carbocycles. The number of carbonyl (C=O) groups excluding carboxylic acids is 5. The van der Waals surface area contributed by atoms with Crippen LogP contribution in [0.4, 0.5) is 26.7 Å². The van der Waals surface area contributed by atoms with E-state index in [-0.39, 0.29) is 29.4 Å². The van der Waals surface area contributed by atoms with Crippen molar-refractivity contribution in [3.05, 3.63) is 298 Å². The summed E-state index contributed by atoms with van der Waals surface area (Å²) in [6, 6.07) is 78.0. The number of rotatable bonds is 27. The van der Waals surface area contributed by atoms with E-state index < -0.39 is 17.5 Å². The SMILES string of the molecule is CNC(=O)CCNN(Cc1ccccc1)c1ccc2c(-c3ccccc3C(=O)O)c3cc/c(=[N+](/Cc4ccccc4)NCCC(=O)NC)cc-3oc2c1.CNC(=O)NCCN(Cc1ccccc1)c1ccc2c(c1)Oc1cc(N(CCNC(=O)NC)Cc3ccccc3)ccc1C21OC(=O)c2ccccc21. The Morgan fingerprint density at radius 2 is 0.981 bits per heavy atom. The summed E-state index contributed by atoms with van der Waals surface area (Å²) in [6.45, 7) is 4.93. The van der Waals surface area contributed by atoms with Gasteiger partial charge in [-0.15, -0.1) is 4.68 Å². The summed E-state index contributed by atoms with van der Waals surface area (Å²) < 4.78 is 22.0. The van der Waals surface area contributed by atoms with Crippen molar-refractivity contribution >= 4 is 63.8 Å². The zero-order chi connectivity index (χ0) is 73.9. The van der Waals surface area contributed by atoms with Crippen molar-refractivity contribution in [1.29, 1.82) is 0 Å². The maximum absolute atomic E-state index is 13.6. The van der Waals surface area contributed by atoms with E-state index in [2.05, 4.69) is 76.8 Å². The third-order valence-corrected chi connectivity index (χ3v) is 18.6. The van der Waals surface area contributed by atoms with Crippen LogP contribution in [0, 0.1) is 0 Å². The van der Waals surface area contributed by atoms with Gasteiger partial charge in [0.15, 0.2) is 12.1 Å². The summed E-state index contributed by atoms with van der Waals surface area (Å²) in [5.74, 6) is 0.104. The van der Waals surface area contributed by atoms with E-state index in [9.17, 15) is 33.9 Å². The second kappa shape index (κ2) is 34.3. The number of hydrazine groups is 2. The number of carboxylic acids is 1. The molecule has 4 aliphatic rings. The van der Waals surface area contributed by atoms with E-state index in [0.29, 0.717) is 112 Å². The molecule has 0 aromatic heterocycles. The molecule has 22 nitrogen and oxygen atoms in total. The van der Waals surface area contributed by atoms with E-state index >= 15 is 0 Å². The van der Waals surface area contributed by atoms with Gasteiger partial charge in [0.05, 0.1) is 36.0 Å². The van der Waals surface area contributed by atoms with Crippen molar-refractivity contribution in [3.8, 4) is 33.9 Å². The van der Waals surface area contributed by atoms with Crippen LogP contribution in [0.5, 0.6) is 11.5 Å². The number of carboxylic acid groups (broad SMARTS) is 1. The molecule has 9 aromatic rings. The average molecular weight is 1420 g/mol. The predicted molar refractivity (Wildman–Crippen MR) is 411 cm³/mol. The summed E-state index contributed by atoms with van der Waals surface area (Å²) in [6.07, 6.45) is 0.583. The number of hydrogen-bond acceptors (Lipinski definition) is 14. The van der Waals surface area contributed by atoms with Crippen LogP contribution in [-0.2, 0) is 46.1 Å². The van der Waals surface area contributed by atoms with E-state index in [1.165, 1.54) is 0 Å². The molecular formula is C84H85N12O10+. The van der Waals surface area contributed by atoms with Crippen molar-refractivity contribution in [2.75, 3.05) is 82.3 Å². The zero-order valence-electron chi connectivity index (χ0n) is 59.5. The fourth-order valence-electron chi connectivity index (χ4n) is 13.3. The number of carbonyl (C=O) groups is 6. The predicted octanol–water partition coefficient (Wildman–Crippen LogP) is 11.3. The van der Waals surface area contributed by atoms with Crippen LogP contribution >= 0.6 is 0 Å². The molecule has 9 N–H and O–H groups in total. The summed E-state index contributed by atoms with van der Waals surface area (Å²) in [4.78, 5) is 78.6. The second-order valence-electron chi connectivity index (χ2n) is 25.4. The summed E-state index contributed by atoms with van der Waals surface area (Å²) >= 11 is 0. The quantitative estimate of drug-likeness (QED) is 0.0100. The number of esters is 1. The molecule has 1 spiro atoms. The normalized spacial score (nSPS) is 12.3. The Bertz CT molecular complexity index is 4870. The highest BCUT2D eigenvalue weighted by Crippen LogP contribution is 2.57. The first-order valence-corrected chi connectivity index (χ1v) is 35.2. The lowest BCUT2D eigenvalue weighted by atomic mass is 9.77. The number of urea groups is 2. The Balaban J connectivity index is 0.000000199. The Morgan fingerprint density at radius 3 is 1.54 bits per heavy atom. The molecule has 3 heterocycles. The van der Waals surface area contributed by atoms with E-state index in [4.69, 9.17) is 13.9 Å². The van der Waals surface area contributed by atoms with Crippen molar-refractivity contribution < 1.29 is 47.8 Å². The zero-order valence-corrected chi connectivity index (χ0v) is 59.5. The number of fused-ring (bicyclic) bond motifs is 8. The second-order valence-corrected chi connectivity index (χ2v) is 25.4. The minimum atomic E-state index is -1.23. The number of aromatic carboxylic acids is 1. The van der Waals surface area contributed by atoms with Crippen LogP contribution < -0.4 is 72.3 Å². The molecule has 0 saturated heterocycles. The maximum Gasteiger partial charge on any atom is 0.340 e. The van der Waals surface area contributed by atoms with E-state index in [0.717, 1.165) is 77.9 Å². The van der Waals surface area contributed by atoms with Crippen LogP contribution in [0.2, 0.25) is 0 Å². The lowest BCUT2D eigenvalue weighted by molar-refractivity contribution is -0.121. The van der Waals surface area contributed by atoms with Crippen LogP contribution in [0.3, 0.4) is 0 Å². The van der Waals surface area contributed by atoms with Gasteiger partial charge in [0, 0.05) is 161 Å². The van der Waals surface area contributed by atoms with Crippen LogP contribution in [0.1, 0.15) is 72.5 Å². The topological polar surface area (TPSA) is 263 Å². The van der Waals surface area contributed by atoms with Crippen molar-refractivity contribution in [2.24, 2.45) is 0 Å². The number of nitrogens with one attached hydrogen (secondary N) is 8. The van der Waals surface area contributed by atoms with Crippen LogP contribution in [0.25, 0.3) is 33.4 Å². The van der Waals surface area contributed by atoms with Gasteiger partial charge in [-0.3, -0.25) is 9.59 Å². The summed E-state index contributed by atoms with van der Waals surface area (Å²) in [7, 11) is 6.42. The fraction of sp³-hybridized carbons (Fsp3) is 0.202. The Morgan fingerprint density at radius 1 is 0.472 bits per heavy atom. The van der Waals surface area contributed by atoms with Gasteiger partial charge < -0.3 is 65.7 Å². The molecule has 9 aromatic carbocycles. The van der Waals surface area contributed by atoms with Gasteiger partial charge in [-0.25, -0.2) is 24.6 Å². The molecule has 0 radical (unpaired) electrons. The monoisotopic (exact) mass is 1420 g/mol. The van der Waals surface area contributed by atoms with Gasteiger partial charge in [-0.1, -0.05) is 158 Å². The molecule has 6 amide bonds. The average Bonchev–Trinajstić information content (AvgIpc) is 1.47. The minimum absolute atomic E-state index is 0.0703. The number of benzene rings is 10. The van der Waals surface area contributed by atoms with Gasteiger partial charge in [0.1, 0.15) is 22.8 Å².